The zero-order valence-electron chi connectivity index (χ0n) is 18.4. The maximum Gasteiger partial charge on any atom is 0.225 e. The summed E-state index contributed by atoms with van der Waals surface area (Å²) >= 11 is 0. The fraction of sp³-hybridized carbons (Fsp3) is 0.375. The third-order valence-electron chi connectivity index (χ3n) is 5.76. The van der Waals surface area contributed by atoms with Crippen LogP contribution in [0.2, 0.25) is 0 Å². The summed E-state index contributed by atoms with van der Waals surface area (Å²) in [6.07, 6.45) is 5.67. The second kappa shape index (κ2) is 9.20. The normalized spacial score (nSPS) is 16.2. The third kappa shape index (κ3) is 5.23. The molecule has 2 N–H and O–H groups in total. The van der Waals surface area contributed by atoms with E-state index < -0.39 is 0 Å². The molecule has 0 saturated carbocycles. The van der Waals surface area contributed by atoms with Crippen LogP contribution in [-0.4, -0.2) is 33.8 Å². The van der Waals surface area contributed by atoms with E-state index in [1.54, 1.807) is 4.68 Å². The molecule has 1 aliphatic rings. The maximum atomic E-state index is 12.8. The van der Waals surface area contributed by atoms with Gasteiger partial charge in [-0.2, -0.15) is 5.10 Å². The van der Waals surface area contributed by atoms with Crippen LogP contribution in [0.15, 0.2) is 48.8 Å². The van der Waals surface area contributed by atoms with Crippen LogP contribution < -0.4 is 15.5 Å². The number of rotatable bonds is 6. The van der Waals surface area contributed by atoms with Crippen LogP contribution in [0.1, 0.15) is 29.7 Å². The molecule has 0 bridgehead atoms. The van der Waals surface area contributed by atoms with E-state index in [4.69, 9.17) is 0 Å². The minimum absolute atomic E-state index is 0.00987. The summed E-state index contributed by atoms with van der Waals surface area (Å²) in [6, 6.07) is 12.3. The van der Waals surface area contributed by atoms with Gasteiger partial charge in [0.2, 0.25) is 5.91 Å². The second-order valence-corrected chi connectivity index (χ2v) is 8.31. The second-order valence-electron chi connectivity index (χ2n) is 8.31. The number of pyridine rings is 1. The lowest BCUT2D eigenvalue weighted by Crippen LogP contribution is -2.43. The summed E-state index contributed by atoms with van der Waals surface area (Å²) in [5.74, 6) is 0.896. The van der Waals surface area contributed by atoms with Crippen molar-refractivity contribution in [2.24, 2.45) is 13.0 Å². The van der Waals surface area contributed by atoms with E-state index in [1.165, 1.54) is 5.56 Å². The minimum Gasteiger partial charge on any atom is -0.371 e. The van der Waals surface area contributed by atoms with Gasteiger partial charge in [0, 0.05) is 50.8 Å². The smallest absolute Gasteiger partial charge is 0.225 e. The fourth-order valence-corrected chi connectivity index (χ4v) is 4.01. The molecule has 0 radical (unpaired) electrons. The highest BCUT2D eigenvalue weighted by molar-refractivity contribution is 5.79. The molecule has 7 heteroatoms. The Kier molecular flexibility index (Phi) is 6.21. The molecular formula is C24H30N6O. The number of carbonyl (C=O) groups excluding carboxylic acids is 1. The highest BCUT2D eigenvalue weighted by Crippen LogP contribution is 2.26. The summed E-state index contributed by atoms with van der Waals surface area (Å²) < 4.78 is 1.78. The van der Waals surface area contributed by atoms with E-state index in [9.17, 15) is 4.79 Å². The van der Waals surface area contributed by atoms with Gasteiger partial charge < -0.3 is 15.5 Å². The van der Waals surface area contributed by atoms with Crippen molar-refractivity contribution in [1.82, 2.24) is 20.1 Å². The first kappa shape index (κ1) is 20.9. The number of amides is 1. The molecular weight excluding hydrogens is 388 g/mol. The number of anilines is 3. The minimum atomic E-state index is -0.00987. The number of aryl methyl sites for hydroxylation is 3. The van der Waals surface area contributed by atoms with Crippen molar-refractivity contribution in [2.45, 2.75) is 33.2 Å². The monoisotopic (exact) mass is 418 g/mol. The lowest BCUT2D eigenvalue weighted by molar-refractivity contribution is -0.125. The number of benzene rings is 1. The third-order valence-corrected chi connectivity index (χ3v) is 5.76. The summed E-state index contributed by atoms with van der Waals surface area (Å²) in [6.45, 7) is 6.27. The summed E-state index contributed by atoms with van der Waals surface area (Å²) in [4.78, 5) is 19.5. The molecule has 1 fully saturated rings. The van der Waals surface area contributed by atoms with Crippen LogP contribution in [0, 0.1) is 19.8 Å². The van der Waals surface area contributed by atoms with Gasteiger partial charge >= 0.3 is 0 Å². The Labute approximate surface area is 183 Å². The van der Waals surface area contributed by atoms with E-state index in [-0.39, 0.29) is 11.8 Å². The molecule has 0 unspecified atom stereocenters. The Hall–Kier alpha value is -3.35. The number of hydrogen-bond donors (Lipinski definition) is 2. The van der Waals surface area contributed by atoms with Crippen LogP contribution in [0.4, 0.5) is 17.2 Å². The van der Waals surface area contributed by atoms with Gasteiger partial charge in [0.15, 0.2) is 0 Å². The van der Waals surface area contributed by atoms with E-state index in [0.29, 0.717) is 6.54 Å². The molecule has 31 heavy (non-hydrogen) atoms. The van der Waals surface area contributed by atoms with Crippen molar-refractivity contribution in [3.05, 3.63) is 65.6 Å². The molecule has 0 spiro atoms. The molecule has 3 heterocycles. The van der Waals surface area contributed by atoms with Crippen LogP contribution in [0.25, 0.3) is 0 Å². The molecule has 0 aliphatic carbocycles. The lowest BCUT2D eigenvalue weighted by atomic mass is 9.96. The SMILES string of the molecule is Cc1ccc(CNC(=O)[C@@H]2CCCN(c3ccnc(Nc4cn(C)nc4C)c3)C2)cc1. The van der Waals surface area contributed by atoms with Gasteiger partial charge in [0.05, 0.1) is 17.3 Å². The highest BCUT2D eigenvalue weighted by Gasteiger charge is 2.26. The first-order valence-corrected chi connectivity index (χ1v) is 10.8. The molecule has 1 aromatic carbocycles. The predicted molar refractivity (Wildman–Crippen MR) is 123 cm³/mol. The molecule has 1 atom stereocenters. The van der Waals surface area contributed by atoms with Crippen LogP contribution in [0.5, 0.6) is 0 Å². The average Bonchev–Trinajstić information content (AvgIpc) is 3.10. The van der Waals surface area contributed by atoms with Crippen LogP contribution >= 0.6 is 0 Å². The number of carbonyl (C=O) groups is 1. The molecule has 7 nitrogen and oxygen atoms in total. The molecule has 2 aromatic heterocycles. The zero-order valence-corrected chi connectivity index (χ0v) is 18.4. The number of nitrogens with one attached hydrogen (secondary N) is 2. The van der Waals surface area contributed by atoms with Crippen LogP contribution in [-0.2, 0) is 18.4 Å². The van der Waals surface area contributed by atoms with Crippen molar-refractivity contribution >= 4 is 23.1 Å². The first-order chi connectivity index (χ1) is 15.0. The number of hydrogen-bond acceptors (Lipinski definition) is 5. The average molecular weight is 419 g/mol. The fourth-order valence-electron chi connectivity index (χ4n) is 4.01. The van der Waals surface area contributed by atoms with Gasteiger partial charge in [-0.3, -0.25) is 9.48 Å². The number of nitrogens with zero attached hydrogens (tertiary/aromatic N) is 4. The zero-order chi connectivity index (χ0) is 21.8. The molecule has 3 aromatic rings. The summed E-state index contributed by atoms with van der Waals surface area (Å²) in [5, 5.41) is 10.8. The molecule has 162 valence electrons. The summed E-state index contributed by atoms with van der Waals surface area (Å²) in [7, 11) is 1.90. The quantitative estimate of drug-likeness (QED) is 0.638. The Bertz CT molecular complexity index is 1040. The lowest BCUT2D eigenvalue weighted by Gasteiger charge is -2.33. The summed E-state index contributed by atoms with van der Waals surface area (Å²) in [5.41, 5.74) is 5.30. The Morgan fingerprint density at radius 1 is 1.19 bits per heavy atom. The van der Waals surface area contributed by atoms with Crippen molar-refractivity contribution in [3.63, 3.8) is 0 Å². The van der Waals surface area contributed by atoms with Gasteiger partial charge in [0.1, 0.15) is 5.82 Å². The molecule has 1 amide bonds. The van der Waals surface area contributed by atoms with E-state index in [2.05, 4.69) is 56.8 Å². The number of piperidine rings is 1. The van der Waals surface area contributed by atoms with Crippen molar-refractivity contribution in [3.8, 4) is 0 Å². The van der Waals surface area contributed by atoms with E-state index in [0.717, 1.165) is 54.4 Å². The predicted octanol–water partition coefficient (Wildman–Crippen LogP) is 3.71. The highest BCUT2D eigenvalue weighted by atomic mass is 16.1. The molecule has 1 saturated heterocycles. The first-order valence-electron chi connectivity index (χ1n) is 10.8. The Balaban J connectivity index is 1.38. The number of aromatic nitrogens is 3. The maximum absolute atomic E-state index is 12.8. The Morgan fingerprint density at radius 2 is 2.00 bits per heavy atom. The van der Waals surface area contributed by atoms with Gasteiger partial charge in [-0.25, -0.2) is 4.98 Å². The standard InChI is InChI=1S/C24H30N6O/c1-17-6-8-19(9-7-17)14-26-24(31)20-5-4-12-30(15-20)21-10-11-25-23(13-21)27-22-16-29(3)28-18(22)2/h6-11,13,16,20H,4-5,12,14-15H2,1-3H3,(H,25,27)(H,26,31)/t20-/m1/s1. The topological polar surface area (TPSA) is 75.1 Å². The van der Waals surface area contributed by atoms with Crippen molar-refractivity contribution in [2.75, 3.05) is 23.3 Å². The van der Waals surface area contributed by atoms with Crippen molar-refractivity contribution in [1.29, 1.82) is 0 Å². The van der Waals surface area contributed by atoms with Gasteiger partial charge in [-0.1, -0.05) is 29.8 Å². The van der Waals surface area contributed by atoms with Gasteiger partial charge in [0.25, 0.3) is 0 Å². The van der Waals surface area contributed by atoms with Gasteiger partial charge in [-0.05, 0) is 38.3 Å². The van der Waals surface area contributed by atoms with Crippen molar-refractivity contribution < 1.29 is 4.79 Å². The van der Waals surface area contributed by atoms with Crippen LogP contribution in [0.3, 0.4) is 0 Å². The van der Waals surface area contributed by atoms with E-state index in [1.807, 2.05) is 38.5 Å². The Morgan fingerprint density at radius 3 is 2.74 bits per heavy atom. The molecule has 4 rings (SSSR count). The molecule has 1 aliphatic heterocycles. The van der Waals surface area contributed by atoms with Gasteiger partial charge in [-0.15, -0.1) is 0 Å². The van der Waals surface area contributed by atoms with E-state index >= 15 is 0 Å². The largest absolute Gasteiger partial charge is 0.371 e.